The quantitative estimate of drug-likeness (QED) is 0.520. The van der Waals surface area contributed by atoms with Gasteiger partial charge in [0.25, 0.3) is 5.91 Å². The van der Waals surface area contributed by atoms with Gasteiger partial charge in [-0.25, -0.2) is 0 Å². The van der Waals surface area contributed by atoms with Gasteiger partial charge in [-0.1, -0.05) is 23.8 Å². The van der Waals surface area contributed by atoms with Crippen LogP contribution in [0.2, 0.25) is 0 Å². The number of ether oxygens (including phenoxy) is 2. The van der Waals surface area contributed by atoms with Gasteiger partial charge >= 0.3 is 0 Å². The zero-order chi connectivity index (χ0) is 24.1. The molecule has 0 unspecified atom stereocenters. The summed E-state index contributed by atoms with van der Waals surface area (Å²) in [6.45, 7) is 3.64. The summed E-state index contributed by atoms with van der Waals surface area (Å²) in [6, 6.07) is 16.0. The number of carbonyl (C=O) groups excluding carboxylic acids is 3. The molecule has 0 atom stereocenters. The Morgan fingerprint density at radius 2 is 1.97 bits per heavy atom. The molecule has 1 aliphatic heterocycles. The highest BCUT2D eigenvalue weighted by molar-refractivity contribution is 6.04. The maximum absolute atomic E-state index is 12.8. The van der Waals surface area contributed by atoms with Gasteiger partial charge < -0.3 is 14.8 Å². The van der Waals surface area contributed by atoms with E-state index in [2.05, 4.69) is 10.3 Å². The summed E-state index contributed by atoms with van der Waals surface area (Å²) < 4.78 is 11.2. The minimum absolute atomic E-state index is 0.151. The topological polar surface area (TPSA) is 97.8 Å². The third kappa shape index (κ3) is 5.40. The first-order valence-electron chi connectivity index (χ1n) is 10.9. The van der Waals surface area contributed by atoms with Gasteiger partial charge in [0.1, 0.15) is 18.0 Å². The minimum atomic E-state index is -0.364. The molecule has 2 amide bonds. The molecule has 4 rings (SSSR count). The van der Waals surface area contributed by atoms with Crippen LogP contribution in [0, 0.1) is 13.8 Å². The molecule has 8 nitrogen and oxygen atoms in total. The number of anilines is 1. The number of benzene rings is 2. The summed E-state index contributed by atoms with van der Waals surface area (Å²) in [6.07, 6.45) is 1.64. The van der Waals surface area contributed by atoms with Gasteiger partial charge in [-0.3, -0.25) is 24.3 Å². The largest absolute Gasteiger partial charge is 0.485 e. The number of carbonyl (C=O) groups is 3. The number of nitrogens with one attached hydrogen (secondary N) is 1. The van der Waals surface area contributed by atoms with E-state index in [9.17, 15) is 14.4 Å². The molecule has 0 saturated heterocycles. The summed E-state index contributed by atoms with van der Waals surface area (Å²) in [7, 11) is 0. The molecule has 2 aromatic carbocycles. The molecule has 0 aliphatic carbocycles. The molecule has 0 bridgehead atoms. The van der Waals surface area contributed by atoms with E-state index >= 15 is 0 Å². The van der Waals surface area contributed by atoms with Crippen LogP contribution in [0.1, 0.15) is 27.2 Å². The first-order chi connectivity index (χ1) is 16.4. The van der Waals surface area contributed by atoms with Crippen molar-refractivity contribution in [1.82, 2.24) is 10.3 Å². The zero-order valence-electron chi connectivity index (χ0n) is 19.0. The van der Waals surface area contributed by atoms with E-state index in [0.717, 1.165) is 11.1 Å². The standard InChI is InChI=1S/C26H25N3O5/c1-17-6-8-23(18(2)11-17)33-15-22(30)19-7-9-24-21(12-19)29(26(32)16-34-24)14-25(31)28-13-20-5-3-4-10-27-20/h3-12H,13-16H2,1-2H3,(H,28,31). The Bertz CT molecular complexity index is 1230. The number of ketones is 1. The van der Waals surface area contributed by atoms with Gasteiger partial charge in [-0.15, -0.1) is 0 Å². The SMILES string of the molecule is Cc1ccc(OCC(=O)c2ccc3c(c2)N(CC(=O)NCc2ccccn2)C(=O)CO3)c(C)c1. The smallest absolute Gasteiger partial charge is 0.265 e. The van der Waals surface area contributed by atoms with Gasteiger partial charge in [0.2, 0.25) is 5.91 Å². The molecule has 2 heterocycles. The van der Waals surface area contributed by atoms with Crippen LogP contribution in [0.4, 0.5) is 5.69 Å². The van der Waals surface area contributed by atoms with Crippen LogP contribution < -0.4 is 19.7 Å². The summed E-state index contributed by atoms with van der Waals surface area (Å²) in [5.41, 5.74) is 3.50. The molecule has 0 spiro atoms. The van der Waals surface area contributed by atoms with Crippen molar-refractivity contribution in [2.75, 3.05) is 24.7 Å². The molecule has 8 heteroatoms. The average molecular weight is 460 g/mol. The van der Waals surface area contributed by atoms with Crippen LogP contribution in [-0.2, 0) is 16.1 Å². The van der Waals surface area contributed by atoms with Gasteiger partial charge in [-0.2, -0.15) is 0 Å². The normalized spacial score (nSPS) is 12.5. The predicted octanol–water partition coefficient (Wildman–Crippen LogP) is 3.00. The van der Waals surface area contributed by atoms with Gasteiger partial charge in [-0.05, 0) is 55.8 Å². The van der Waals surface area contributed by atoms with Crippen molar-refractivity contribution >= 4 is 23.3 Å². The summed E-state index contributed by atoms with van der Waals surface area (Å²) in [5, 5.41) is 2.76. The molecule has 1 N–H and O–H groups in total. The molecular weight excluding hydrogens is 434 g/mol. The van der Waals surface area contributed by atoms with E-state index in [1.165, 1.54) is 4.90 Å². The van der Waals surface area contributed by atoms with Crippen LogP contribution in [0.25, 0.3) is 0 Å². The third-order valence-electron chi connectivity index (χ3n) is 5.41. The first-order valence-corrected chi connectivity index (χ1v) is 10.9. The van der Waals surface area contributed by atoms with Crippen molar-refractivity contribution in [3.8, 4) is 11.5 Å². The lowest BCUT2D eigenvalue weighted by molar-refractivity contribution is -0.125. The number of hydrogen-bond donors (Lipinski definition) is 1. The number of rotatable bonds is 8. The molecular formula is C26H25N3O5. The predicted molar refractivity (Wildman–Crippen MR) is 126 cm³/mol. The first kappa shape index (κ1) is 23.0. The highest BCUT2D eigenvalue weighted by atomic mass is 16.5. The second kappa shape index (κ2) is 10.2. The fraction of sp³-hybridized carbons (Fsp3) is 0.231. The number of hydrogen-bond acceptors (Lipinski definition) is 6. The maximum atomic E-state index is 12.8. The maximum Gasteiger partial charge on any atom is 0.265 e. The molecule has 1 aliphatic rings. The van der Waals surface area contributed by atoms with Crippen molar-refractivity contribution in [3.63, 3.8) is 0 Å². The fourth-order valence-corrected chi connectivity index (χ4v) is 3.63. The number of fused-ring (bicyclic) bond motifs is 1. The Labute approximate surface area is 197 Å². The Morgan fingerprint density at radius 3 is 2.74 bits per heavy atom. The number of aryl methyl sites for hydroxylation is 2. The number of pyridine rings is 1. The van der Waals surface area contributed by atoms with E-state index in [1.807, 2.05) is 38.1 Å². The number of amides is 2. The molecule has 3 aromatic rings. The zero-order valence-corrected chi connectivity index (χ0v) is 19.0. The summed E-state index contributed by atoms with van der Waals surface area (Å²) in [5.74, 6) is 0.115. The van der Waals surface area contributed by atoms with Crippen molar-refractivity contribution in [2.24, 2.45) is 0 Å². The van der Waals surface area contributed by atoms with Crippen molar-refractivity contribution in [3.05, 3.63) is 83.2 Å². The van der Waals surface area contributed by atoms with Gasteiger partial charge in [0, 0.05) is 11.8 Å². The number of aromatic nitrogens is 1. The van der Waals surface area contributed by atoms with Crippen molar-refractivity contribution in [2.45, 2.75) is 20.4 Å². The molecule has 174 valence electrons. The lowest BCUT2D eigenvalue weighted by atomic mass is 10.1. The van der Waals surface area contributed by atoms with E-state index in [0.29, 0.717) is 28.4 Å². The van der Waals surface area contributed by atoms with Gasteiger partial charge in [0.15, 0.2) is 19.0 Å². The van der Waals surface area contributed by atoms with E-state index in [1.54, 1.807) is 36.5 Å². The van der Waals surface area contributed by atoms with E-state index in [-0.39, 0.29) is 43.9 Å². The number of Topliss-reactive ketones (excluding diaryl/α,β-unsaturated/α-hetero) is 1. The third-order valence-corrected chi connectivity index (χ3v) is 5.41. The Kier molecular flexibility index (Phi) is 6.87. The summed E-state index contributed by atoms with van der Waals surface area (Å²) in [4.78, 5) is 43.3. The second-order valence-electron chi connectivity index (χ2n) is 8.03. The molecule has 34 heavy (non-hydrogen) atoms. The van der Waals surface area contributed by atoms with Gasteiger partial charge in [0.05, 0.1) is 17.9 Å². The Hall–Kier alpha value is -4.20. The highest BCUT2D eigenvalue weighted by Crippen LogP contribution is 2.33. The number of nitrogens with zero attached hydrogens (tertiary/aromatic N) is 2. The summed E-state index contributed by atoms with van der Waals surface area (Å²) >= 11 is 0. The van der Waals surface area contributed by atoms with Crippen LogP contribution in [0.5, 0.6) is 11.5 Å². The highest BCUT2D eigenvalue weighted by Gasteiger charge is 2.28. The lowest BCUT2D eigenvalue weighted by Gasteiger charge is -2.29. The van der Waals surface area contributed by atoms with E-state index < -0.39 is 0 Å². The van der Waals surface area contributed by atoms with Crippen LogP contribution in [-0.4, -0.2) is 42.3 Å². The average Bonchev–Trinajstić information content (AvgIpc) is 2.84. The molecule has 1 aromatic heterocycles. The molecule has 0 fully saturated rings. The molecule has 0 saturated carbocycles. The monoisotopic (exact) mass is 459 g/mol. The Balaban J connectivity index is 1.44. The second-order valence-corrected chi connectivity index (χ2v) is 8.03. The van der Waals surface area contributed by atoms with Crippen LogP contribution in [0.3, 0.4) is 0 Å². The van der Waals surface area contributed by atoms with E-state index in [4.69, 9.17) is 9.47 Å². The lowest BCUT2D eigenvalue weighted by Crippen LogP contribution is -2.45. The van der Waals surface area contributed by atoms with Crippen LogP contribution >= 0.6 is 0 Å². The van der Waals surface area contributed by atoms with Crippen LogP contribution in [0.15, 0.2) is 60.8 Å². The Morgan fingerprint density at radius 1 is 1.12 bits per heavy atom. The fourth-order valence-electron chi connectivity index (χ4n) is 3.63. The van der Waals surface area contributed by atoms with Crippen molar-refractivity contribution < 1.29 is 23.9 Å². The minimum Gasteiger partial charge on any atom is -0.485 e. The van der Waals surface area contributed by atoms with Crippen molar-refractivity contribution in [1.29, 1.82) is 0 Å². The molecule has 0 radical (unpaired) electrons.